The van der Waals surface area contributed by atoms with Gasteiger partial charge >= 0.3 is 7.82 Å². The lowest BCUT2D eigenvalue weighted by atomic mass is 10.2. The van der Waals surface area contributed by atoms with E-state index >= 15 is 0 Å². The number of thioether (sulfide) groups is 1. The van der Waals surface area contributed by atoms with Crippen LogP contribution in [0, 0.1) is 12.7 Å². The number of nitrogens with zero attached hydrogens (tertiary/aromatic N) is 3. The van der Waals surface area contributed by atoms with Gasteiger partial charge in [-0.2, -0.15) is 0 Å². The number of allylic oxidation sites excluding steroid dienone is 1. The monoisotopic (exact) mass is 484 g/mol. The van der Waals surface area contributed by atoms with Crippen molar-refractivity contribution < 1.29 is 32.9 Å². The highest BCUT2D eigenvalue weighted by Crippen LogP contribution is 2.37. The first kappa shape index (κ1) is 25.6. The number of carbonyl (C=O) groups is 2. The Balaban J connectivity index is 2.33. The number of benzene rings is 1. The highest BCUT2D eigenvalue weighted by molar-refractivity contribution is 8.17. The maximum Gasteiger partial charge on any atom is 0.469 e. The molecule has 0 saturated carbocycles. The van der Waals surface area contributed by atoms with Crippen LogP contribution < -0.4 is 5.73 Å². The molecular formula is C19H22FN4O6PS. The average molecular weight is 484 g/mol. The maximum atomic E-state index is 13.5. The number of carbonyl (C=O) groups excluding carboxylic acids is 2. The van der Waals surface area contributed by atoms with Gasteiger partial charge in [-0.15, -0.1) is 0 Å². The van der Waals surface area contributed by atoms with Crippen molar-refractivity contribution in [2.45, 2.75) is 26.8 Å². The Morgan fingerprint density at radius 3 is 2.72 bits per heavy atom. The highest BCUT2D eigenvalue weighted by atomic mass is 32.2. The summed E-state index contributed by atoms with van der Waals surface area (Å²) in [6, 6.07) is 5.07. The predicted molar refractivity (Wildman–Crippen MR) is 116 cm³/mol. The molecule has 32 heavy (non-hydrogen) atoms. The van der Waals surface area contributed by atoms with Gasteiger partial charge in [0.1, 0.15) is 17.5 Å². The summed E-state index contributed by atoms with van der Waals surface area (Å²) < 4.78 is 29.0. The zero-order valence-electron chi connectivity index (χ0n) is 17.3. The molecule has 13 heteroatoms. The zero-order valence-corrected chi connectivity index (χ0v) is 19.0. The molecule has 4 N–H and O–H groups in total. The van der Waals surface area contributed by atoms with Crippen LogP contribution in [0.3, 0.4) is 0 Å². The number of rotatable bonds is 10. The van der Waals surface area contributed by atoms with E-state index in [1.54, 1.807) is 13.8 Å². The van der Waals surface area contributed by atoms with Crippen molar-refractivity contribution in [3.05, 3.63) is 63.8 Å². The van der Waals surface area contributed by atoms with Crippen LogP contribution in [-0.2, 0) is 20.4 Å². The summed E-state index contributed by atoms with van der Waals surface area (Å²) in [5, 5.41) is -0.515. The van der Waals surface area contributed by atoms with E-state index in [9.17, 15) is 18.5 Å². The molecule has 0 radical (unpaired) electrons. The Morgan fingerprint density at radius 2 is 2.12 bits per heavy atom. The number of nitrogen functional groups attached to an aromatic ring is 1. The number of phosphoric acid groups is 1. The normalized spacial score (nSPS) is 12.3. The van der Waals surface area contributed by atoms with E-state index in [1.165, 1.54) is 29.3 Å². The molecule has 0 aliphatic carbocycles. The van der Waals surface area contributed by atoms with Crippen LogP contribution in [0.5, 0.6) is 0 Å². The fourth-order valence-corrected chi connectivity index (χ4v) is 3.81. The van der Waals surface area contributed by atoms with E-state index < -0.39 is 25.4 Å². The van der Waals surface area contributed by atoms with E-state index in [0.29, 0.717) is 40.2 Å². The van der Waals surface area contributed by atoms with Crippen LogP contribution in [0.15, 0.2) is 41.1 Å². The number of phosphoric ester groups is 1. The Morgan fingerprint density at radius 1 is 1.41 bits per heavy atom. The van der Waals surface area contributed by atoms with Gasteiger partial charge in [-0.1, -0.05) is 12.1 Å². The van der Waals surface area contributed by atoms with Gasteiger partial charge in [0.25, 0.3) is 0 Å². The molecule has 0 unspecified atom stereocenters. The van der Waals surface area contributed by atoms with Crippen molar-refractivity contribution in [3.8, 4) is 0 Å². The van der Waals surface area contributed by atoms with Crippen LogP contribution in [0.25, 0.3) is 0 Å². The van der Waals surface area contributed by atoms with Gasteiger partial charge in [-0.3, -0.25) is 14.1 Å². The Kier molecular flexibility index (Phi) is 9.05. The lowest BCUT2D eigenvalue weighted by molar-refractivity contribution is -0.116. The van der Waals surface area contributed by atoms with Crippen molar-refractivity contribution in [1.29, 1.82) is 0 Å². The number of hydrogen-bond acceptors (Lipinski definition) is 8. The van der Waals surface area contributed by atoms with E-state index in [0.717, 1.165) is 6.07 Å². The van der Waals surface area contributed by atoms with Crippen LogP contribution in [-0.4, -0.2) is 42.8 Å². The number of aryl methyl sites for hydroxylation is 1. The molecule has 0 aliphatic rings. The van der Waals surface area contributed by atoms with Gasteiger partial charge in [0.05, 0.1) is 13.2 Å². The topological polar surface area (TPSA) is 156 Å². The lowest BCUT2D eigenvalue weighted by Gasteiger charge is -2.22. The summed E-state index contributed by atoms with van der Waals surface area (Å²) in [6.45, 7) is 2.80. The summed E-state index contributed by atoms with van der Waals surface area (Å²) in [5.74, 6) is 0.0580. The number of amides is 1. The number of aromatic nitrogens is 2. The largest absolute Gasteiger partial charge is 0.469 e. The quantitative estimate of drug-likeness (QED) is 0.338. The zero-order chi connectivity index (χ0) is 23.9. The number of anilines is 1. The SMILES string of the molecule is C/C(=C(\CCOP(=O)(O)O)SC(=O)c1cccc(F)c1)N(C=O)Cc1cnc(C)nc1N. The third-order valence-electron chi connectivity index (χ3n) is 4.19. The minimum Gasteiger partial charge on any atom is -0.383 e. The van der Waals surface area contributed by atoms with Gasteiger partial charge < -0.3 is 20.4 Å². The number of nitrogens with two attached hydrogens (primary N) is 1. The fourth-order valence-electron chi connectivity index (χ4n) is 2.56. The second kappa shape index (κ2) is 11.3. The van der Waals surface area contributed by atoms with Crippen LogP contribution in [0.4, 0.5) is 10.2 Å². The minimum atomic E-state index is -4.73. The van der Waals surface area contributed by atoms with E-state index in [2.05, 4.69) is 14.5 Å². The molecule has 0 atom stereocenters. The second-order valence-electron chi connectivity index (χ2n) is 6.54. The van der Waals surface area contributed by atoms with E-state index in [1.807, 2.05) is 0 Å². The highest BCUT2D eigenvalue weighted by Gasteiger charge is 2.20. The van der Waals surface area contributed by atoms with Crippen molar-refractivity contribution >= 4 is 36.9 Å². The Labute approximate surface area is 187 Å². The van der Waals surface area contributed by atoms with Crippen molar-refractivity contribution in [2.24, 2.45) is 0 Å². The van der Waals surface area contributed by atoms with Gasteiger partial charge in [0.2, 0.25) is 11.5 Å². The van der Waals surface area contributed by atoms with Gasteiger partial charge in [0, 0.05) is 34.3 Å². The third-order valence-corrected chi connectivity index (χ3v) is 5.87. The molecule has 2 rings (SSSR count). The maximum absolute atomic E-state index is 13.5. The van der Waals surface area contributed by atoms with Gasteiger partial charge in [0.15, 0.2) is 0 Å². The summed E-state index contributed by atoms with van der Waals surface area (Å²) in [6.07, 6.45) is 1.90. The van der Waals surface area contributed by atoms with Crippen molar-refractivity contribution in [3.63, 3.8) is 0 Å². The molecule has 1 aromatic carbocycles. The number of halogens is 1. The predicted octanol–water partition coefficient (Wildman–Crippen LogP) is 2.77. The van der Waals surface area contributed by atoms with Crippen LogP contribution in [0.1, 0.15) is 35.1 Å². The molecule has 0 fully saturated rings. The molecule has 10 nitrogen and oxygen atoms in total. The third kappa shape index (κ3) is 7.81. The summed E-state index contributed by atoms with van der Waals surface area (Å²) in [5.41, 5.74) is 6.77. The first-order chi connectivity index (χ1) is 15.0. The van der Waals surface area contributed by atoms with Crippen LogP contribution >= 0.6 is 19.6 Å². The smallest absolute Gasteiger partial charge is 0.383 e. The first-order valence-corrected chi connectivity index (χ1v) is 11.5. The Bertz CT molecular complexity index is 1080. The lowest BCUT2D eigenvalue weighted by Crippen LogP contribution is -2.22. The molecule has 0 spiro atoms. The summed E-state index contributed by atoms with van der Waals surface area (Å²) in [7, 11) is -4.73. The summed E-state index contributed by atoms with van der Waals surface area (Å²) in [4.78, 5) is 51.9. The molecular weight excluding hydrogens is 462 g/mol. The van der Waals surface area contributed by atoms with Crippen molar-refractivity contribution in [1.82, 2.24) is 14.9 Å². The van der Waals surface area contributed by atoms with E-state index in [-0.39, 0.29) is 24.3 Å². The molecule has 1 amide bonds. The molecule has 2 aromatic rings. The number of hydrogen-bond donors (Lipinski definition) is 3. The summed E-state index contributed by atoms with van der Waals surface area (Å²) >= 11 is 0.704. The molecule has 1 aromatic heterocycles. The second-order valence-corrected chi connectivity index (χ2v) is 8.85. The van der Waals surface area contributed by atoms with Crippen molar-refractivity contribution in [2.75, 3.05) is 12.3 Å². The first-order valence-electron chi connectivity index (χ1n) is 9.17. The average Bonchev–Trinajstić information content (AvgIpc) is 2.71. The molecule has 0 bridgehead atoms. The van der Waals surface area contributed by atoms with Gasteiger partial charge in [-0.05, 0) is 37.7 Å². The molecule has 1 heterocycles. The van der Waals surface area contributed by atoms with Gasteiger partial charge in [-0.25, -0.2) is 18.9 Å². The molecule has 0 aliphatic heterocycles. The minimum absolute atomic E-state index is 0.000980. The van der Waals surface area contributed by atoms with E-state index in [4.69, 9.17) is 15.5 Å². The Hall–Kier alpha value is -2.63. The fraction of sp³-hybridized carbons (Fsp3) is 0.263. The standard InChI is InChI=1S/C19H22FN4O6PS/c1-12(24(11-25)10-15-9-22-13(2)23-18(15)21)17(6-7-30-31(27,28)29)32-19(26)14-4-3-5-16(20)8-14/h3-5,8-9,11H,6-7,10H2,1-2H3,(H2,21,22,23)(H2,27,28,29)/b17-12-. The molecule has 172 valence electrons. The van der Waals surface area contributed by atoms with Crippen LogP contribution in [0.2, 0.25) is 0 Å². The molecule has 0 saturated heterocycles.